The van der Waals surface area contributed by atoms with Crippen molar-refractivity contribution in [3.8, 4) is 5.75 Å². The summed E-state index contributed by atoms with van der Waals surface area (Å²) in [5.41, 5.74) is 7.15. The van der Waals surface area contributed by atoms with Crippen molar-refractivity contribution < 1.29 is 10.2 Å². The molecule has 1 aliphatic heterocycles. The van der Waals surface area contributed by atoms with Crippen LogP contribution >= 0.6 is 22.9 Å². The highest BCUT2D eigenvalue weighted by Crippen LogP contribution is 2.37. The van der Waals surface area contributed by atoms with Crippen LogP contribution in [0.3, 0.4) is 0 Å². The number of hydrogen-bond donors (Lipinski definition) is 2. The lowest BCUT2D eigenvalue weighted by Gasteiger charge is -2.33. The molecule has 2 aromatic rings. The number of nitrogens with zero attached hydrogens (tertiary/aromatic N) is 2. The Bertz CT molecular complexity index is 1000. The third kappa shape index (κ3) is 5.63. The van der Waals surface area contributed by atoms with Crippen LogP contribution in [0.1, 0.15) is 36.8 Å². The van der Waals surface area contributed by atoms with Crippen molar-refractivity contribution in [1.29, 1.82) is 0 Å². The number of aliphatic hydroxyl groups excluding tert-OH is 1. The minimum absolute atomic E-state index is 0.168. The molecule has 0 saturated carbocycles. The van der Waals surface area contributed by atoms with Gasteiger partial charge in [0.15, 0.2) is 0 Å². The van der Waals surface area contributed by atoms with Gasteiger partial charge in [-0.1, -0.05) is 42.5 Å². The van der Waals surface area contributed by atoms with E-state index < -0.39 is 0 Å². The number of hydrogen-bond acceptors (Lipinski definition) is 4. The van der Waals surface area contributed by atoms with Gasteiger partial charge in [-0.3, -0.25) is 0 Å². The molecule has 0 radical (unpaired) electrons. The highest BCUT2D eigenvalue weighted by Gasteiger charge is 2.19. The van der Waals surface area contributed by atoms with Gasteiger partial charge in [0.25, 0.3) is 0 Å². The minimum atomic E-state index is 0.168. The van der Waals surface area contributed by atoms with E-state index in [0.29, 0.717) is 0 Å². The van der Waals surface area contributed by atoms with Gasteiger partial charge in [-0.2, -0.15) is 0 Å². The highest BCUT2D eigenvalue weighted by molar-refractivity contribution is 14.1. The molecule has 0 spiro atoms. The fraction of sp³-hybridized carbons (Fsp3) is 0.333. The van der Waals surface area contributed by atoms with Crippen molar-refractivity contribution in [1.82, 2.24) is 3.11 Å². The summed E-state index contributed by atoms with van der Waals surface area (Å²) in [7, 11) is 0. The van der Waals surface area contributed by atoms with Crippen molar-refractivity contribution in [2.45, 2.75) is 25.7 Å². The van der Waals surface area contributed by atoms with Crippen molar-refractivity contribution in [2.24, 2.45) is 0 Å². The summed E-state index contributed by atoms with van der Waals surface area (Å²) in [6, 6.07) is 16.4. The highest BCUT2D eigenvalue weighted by atomic mass is 127. The number of halogens is 1. The lowest BCUT2D eigenvalue weighted by Crippen LogP contribution is -2.42. The molecule has 0 bridgehead atoms. The monoisotopic (exact) mass is 542 g/mol. The van der Waals surface area contributed by atoms with Gasteiger partial charge in [0.05, 0.1) is 0 Å². The summed E-state index contributed by atoms with van der Waals surface area (Å²) in [5, 5.41) is 19.8. The normalized spacial score (nSPS) is 17.8. The molecule has 1 aliphatic carbocycles. The van der Waals surface area contributed by atoms with E-state index in [-0.39, 0.29) is 12.4 Å². The average molecular weight is 542 g/mol. The van der Waals surface area contributed by atoms with E-state index >= 15 is 0 Å². The van der Waals surface area contributed by atoms with Crippen LogP contribution in [0.25, 0.3) is 5.57 Å². The summed E-state index contributed by atoms with van der Waals surface area (Å²) in [6.07, 6.45) is 10.1. The van der Waals surface area contributed by atoms with Gasteiger partial charge in [-0.05, 0) is 77.8 Å². The maximum Gasteiger partial charge on any atom is 0.116 e. The molecule has 1 heterocycles. The summed E-state index contributed by atoms with van der Waals surface area (Å²) < 4.78 is 2.34. The molecule has 2 N–H and O–H groups in total. The molecule has 0 atom stereocenters. The Morgan fingerprint density at radius 3 is 2.41 bits per heavy atom. The van der Waals surface area contributed by atoms with Crippen LogP contribution in [0.2, 0.25) is 0 Å². The van der Waals surface area contributed by atoms with Crippen molar-refractivity contribution in [3.05, 3.63) is 89.0 Å². The number of allylic oxidation sites excluding steroid dienone is 5. The zero-order valence-electron chi connectivity index (χ0n) is 18.4. The molecule has 0 aromatic heterocycles. The number of rotatable bonds is 7. The second kappa shape index (κ2) is 11.2. The molecule has 4 nitrogen and oxygen atoms in total. The van der Waals surface area contributed by atoms with Crippen LogP contribution in [0.5, 0.6) is 5.75 Å². The summed E-state index contributed by atoms with van der Waals surface area (Å²) in [4.78, 5) is 2.44. The number of aliphatic hydroxyl groups is 1. The van der Waals surface area contributed by atoms with E-state index in [4.69, 9.17) is 0 Å². The fourth-order valence-electron chi connectivity index (χ4n) is 4.51. The summed E-state index contributed by atoms with van der Waals surface area (Å²) in [6.45, 7) is 4.40. The molecule has 1 saturated heterocycles. The van der Waals surface area contributed by atoms with Crippen LogP contribution in [0.4, 0.5) is 5.69 Å². The standard InChI is InChI=1S/C27H31IN2O2/c28-30-17-15-29(16-18-30)24-13-11-22(12-14-24)27(23-8-4-9-25(32)20-23)26(10-5-19-31)21-6-2-1-3-7-21/h1-2,4,6,8-9,11-14,20,31-32H,3,5,7,10,15-19H2/b27-26+. The second-order valence-corrected chi connectivity index (χ2v) is 9.70. The van der Waals surface area contributed by atoms with Crippen LogP contribution in [-0.4, -0.2) is 46.1 Å². The van der Waals surface area contributed by atoms with E-state index in [1.807, 2.05) is 12.1 Å². The number of piperazine rings is 1. The molecule has 32 heavy (non-hydrogen) atoms. The lowest BCUT2D eigenvalue weighted by atomic mass is 9.84. The first-order valence-electron chi connectivity index (χ1n) is 11.4. The molecule has 0 amide bonds. The third-order valence-corrected chi connectivity index (χ3v) is 7.13. The number of anilines is 1. The zero-order chi connectivity index (χ0) is 22.3. The van der Waals surface area contributed by atoms with E-state index in [9.17, 15) is 10.2 Å². The number of aromatic hydroxyl groups is 1. The molecule has 4 rings (SSSR count). The molecule has 168 valence electrons. The number of phenolic OH excluding ortho intramolecular Hbond substituents is 1. The predicted octanol–water partition coefficient (Wildman–Crippen LogP) is 5.72. The number of benzene rings is 2. The first kappa shape index (κ1) is 23.1. The Hall–Kier alpha value is -2.09. The van der Waals surface area contributed by atoms with Crippen LogP contribution in [0, 0.1) is 0 Å². The van der Waals surface area contributed by atoms with Crippen LogP contribution < -0.4 is 4.90 Å². The minimum Gasteiger partial charge on any atom is -0.508 e. The van der Waals surface area contributed by atoms with Crippen molar-refractivity contribution in [3.63, 3.8) is 0 Å². The molecule has 1 fully saturated rings. The second-order valence-electron chi connectivity index (χ2n) is 8.33. The molecular formula is C27H31IN2O2. The quantitative estimate of drug-likeness (QED) is 0.348. The largest absolute Gasteiger partial charge is 0.508 e. The molecule has 2 aromatic carbocycles. The van der Waals surface area contributed by atoms with Gasteiger partial charge < -0.3 is 15.1 Å². The van der Waals surface area contributed by atoms with E-state index in [1.54, 1.807) is 6.07 Å². The van der Waals surface area contributed by atoms with E-state index in [0.717, 1.165) is 68.6 Å². The number of phenols is 1. The Morgan fingerprint density at radius 1 is 0.969 bits per heavy atom. The molecular weight excluding hydrogens is 511 g/mol. The first-order valence-corrected chi connectivity index (χ1v) is 12.4. The summed E-state index contributed by atoms with van der Waals surface area (Å²) >= 11 is 2.40. The van der Waals surface area contributed by atoms with Gasteiger partial charge in [-0.25, -0.2) is 3.11 Å². The van der Waals surface area contributed by atoms with Gasteiger partial charge >= 0.3 is 0 Å². The van der Waals surface area contributed by atoms with Gasteiger partial charge in [-0.15, -0.1) is 0 Å². The SMILES string of the molecule is OCCC/C(C1=CC=CCC1)=C(/c1ccc(N2CCN(I)CC2)cc1)c1cccc(O)c1. The van der Waals surface area contributed by atoms with Crippen molar-refractivity contribution in [2.75, 3.05) is 37.7 Å². The molecule has 5 heteroatoms. The van der Waals surface area contributed by atoms with Crippen LogP contribution in [-0.2, 0) is 0 Å². The zero-order valence-corrected chi connectivity index (χ0v) is 20.5. The topological polar surface area (TPSA) is 46.9 Å². The van der Waals surface area contributed by atoms with E-state index in [2.05, 4.69) is 79.4 Å². The van der Waals surface area contributed by atoms with Gasteiger partial charge in [0, 0.05) is 61.3 Å². The fourth-order valence-corrected chi connectivity index (χ4v) is 4.94. The Morgan fingerprint density at radius 2 is 1.75 bits per heavy atom. The maximum atomic E-state index is 10.2. The van der Waals surface area contributed by atoms with Crippen LogP contribution in [0.15, 0.2) is 77.9 Å². The molecule has 0 unspecified atom stereocenters. The Balaban J connectivity index is 1.77. The molecule has 2 aliphatic rings. The van der Waals surface area contributed by atoms with Gasteiger partial charge in [0.1, 0.15) is 5.75 Å². The van der Waals surface area contributed by atoms with E-state index in [1.165, 1.54) is 16.8 Å². The van der Waals surface area contributed by atoms with Crippen molar-refractivity contribution >= 4 is 34.1 Å². The Kier molecular flexibility index (Phi) is 8.05. The smallest absolute Gasteiger partial charge is 0.116 e. The first-order chi connectivity index (χ1) is 15.7. The lowest BCUT2D eigenvalue weighted by molar-refractivity contribution is 0.288. The maximum absolute atomic E-state index is 10.2. The van der Waals surface area contributed by atoms with Gasteiger partial charge in [0.2, 0.25) is 0 Å². The predicted molar refractivity (Wildman–Crippen MR) is 141 cm³/mol. The third-order valence-electron chi connectivity index (χ3n) is 6.17. The Labute approximate surface area is 205 Å². The summed E-state index contributed by atoms with van der Waals surface area (Å²) in [5.74, 6) is 0.271. The average Bonchev–Trinajstić information content (AvgIpc) is 2.83.